The molecule has 3 aromatic heterocycles. The van der Waals surface area contributed by atoms with Crippen molar-refractivity contribution in [1.82, 2.24) is 24.1 Å². The fourth-order valence-corrected chi connectivity index (χ4v) is 3.76. The van der Waals surface area contributed by atoms with Gasteiger partial charge in [-0.25, -0.2) is 0 Å². The number of aromatic nitrogens is 5. The van der Waals surface area contributed by atoms with Gasteiger partial charge in [0.1, 0.15) is 12.8 Å². The Bertz CT molecular complexity index is 823. The van der Waals surface area contributed by atoms with Gasteiger partial charge in [0.05, 0.1) is 0 Å². The van der Waals surface area contributed by atoms with Crippen LogP contribution >= 0.6 is 23.1 Å². The standard InChI is InChI=1S/C11H12N6O3S2/c1-2-3-15-7(6-18)13-14-11(15)22-8-9(17(19)20)16-4-5-21-10(16)12-8/h4-5,18H,2-3,6H2,1H3. The lowest BCUT2D eigenvalue weighted by Crippen LogP contribution is -2.04. The van der Waals surface area contributed by atoms with Crippen LogP contribution in [-0.2, 0) is 13.2 Å². The lowest BCUT2D eigenvalue weighted by molar-refractivity contribution is -0.393. The van der Waals surface area contributed by atoms with Gasteiger partial charge in [-0.15, -0.1) is 10.2 Å². The number of fused-ring (bicyclic) bond motifs is 1. The molecule has 3 aromatic rings. The molecule has 0 fully saturated rings. The van der Waals surface area contributed by atoms with Crippen molar-refractivity contribution >= 4 is 33.9 Å². The van der Waals surface area contributed by atoms with Crippen molar-refractivity contribution in [3.63, 3.8) is 0 Å². The van der Waals surface area contributed by atoms with Gasteiger partial charge in [-0.2, -0.15) is 9.38 Å². The van der Waals surface area contributed by atoms with E-state index in [1.165, 1.54) is 15.7 Å². The average molecular weight is 340 g/mol. The fraction of sp³-hybridized carbons (Fsp3) is 0.364. The van der Waals surface area contributed by atoms with Crippen LogP contribution in [0.5, 0.6) is 0 Å². The first-order valence-corrected chi connectivity index (χ1v) is 8.16. The third-order valence-electron chi connectivity index (χ3n) is 2.95. The smallest absolute Gasteiger partial charge is 0.363 e. The van der Waals surface area contributed by atoms with Crippen molar-refractivity contribution in [2.45, 2.75) is 36.7 Å². The maximum absolute atomic E-state index is 11.3. The van der Waals surface area contributed by atoms with Crippen molar-refractivity contribution in [2.24, 2.45) is 0 Å². The van der Waals surface area contributed by atoms with E-state index in [-0.39, 0.29) is 17.5 Å². The summed E-state index contributed by atoms with van der Waals surface area (Å²) in [5, 5.41) is 31.0. The molecule has 3 heterocycles. The van der Waals surface area contributed by atoms with Gasteiger partial charge < -0.3 is 19.8 Å². The molecule has 11 heteroatoms. The SMILES string of the molecule is CCCn1c(CO)nnc1Sc1nc2sccn2c1[N+](=O)[O-]. The molecule has 3 rings (SSSR count). The summed E-state index contributed by atoms with van der Waals surface area (Å²) >= 11 is 2.41. The summed E-state index contributed by atoms with van der Waals surface area (Å²) in [6.07, 6.45) is 2.45. The fourth-order valence-electron chi connectivity index (χ4n) is 2.03. The van der Waals surface area contributed by atoms with Gasteiger partial charge in [0.2, 0.25) is 5.03 Å². The Morgan fingerprint density at radius 2 is 2.32 bits per heavy atom. The number of rotatable bonds is 6. The summed E-state index contributed by atoms with van der Waals surface area (Å²) < 4.78 is 3.20. The van der Waals surface area contributed by atoms with Gasteiger partial charge in [-0.1, -0.05) is 18.3 Å². The zero-order valence-corrected chi connectivity index (χ0v) is 13.2. The molecular weight excluding hydrogens is 328 g/mol. The molecule has 0 aliphatic rings. The highest BCUT2D eigenvalue weighted by molar-refractivity contribution is 7.99. The van der Waals surface area contributed by atoms with Gasteiger partial charge in [0, 0.05) is 11.9 Å². The van der Waals surface area contributed by atoms with Gasteiger partial charge in [-0.05, 0) is 23.1 Å². The predicted molar refractivity (Wildman–Crippen MR) is 80.1 cm³/mol. The van der Waals surface area contributed by atoms with Gasteiger partial charge in [0.25, 0.3) is 4.96 Å². The number of hydrogen-bond donors (Lipinski definition) is 1. The highest BCUT2D eigenvalue weighted by Crippen LogP contribution is 2.35. The summed E-state index contributed by atoms with van der Waals surface area (Å²) in [5.41, 5.74) is 0. The van der Waals surface area contributed by atoms with E-state index >= 15 is 0 Å². The molecule has 0 amide bonds. The Balaban J connectivity index is 2.03. The minimum Gasteiger partial charge on any atom is -0.388 e. The normalized spacial score (nSPS) is 11.4. The lowest BCUT2D eigenvalue weighted by atomic mass is 10.4. The number of nitrogens with zero attached hydrogens (tertiary/aromatic N) is 6. The Kier molecular flexibility index (Phi) is 4.09. The summed E-state index contributed by atoms with van der Waals surface area (Å²) in [6.45, 7) is 2.39. The monoisotopic (exact) mass is 340 g/mol. The van der Waals surface area contributed by atoms with Crippen LogP contribution < -0.4 is 0 Å². The molecule has 0 saturated carbocycles. The number of thiazole rings is 1. The summed E-state index contributed by atoms with van der Waals surface area (Å²) in [6, 6.07) is 0. The van der Waals surface area contributed by atoms with E-state index in [9.17, 15) is 15.2 Å². The molecule has 0 radical (unpaired) electrons. The Hall–Kier alpha value is -1.98. The Morgan fingerprint density at radius 1 is 1.50 bits per heavy atom. The van der Waals surface area contributed by atoms with Gasteiger partial charge >= 0.3 is 5.82 Å². The van der Waals surface area contributed by atoms with Crippen molar-refractivity contribution in [3.8, 4) is 0 Å². The molecule has 22 heavy (non-hydrogen) atoms. The van der Waals surface area contributed by atoms with E-state index in [4.69, 9.17) is 0 Å². The van der Waals surface area contributed by atoms with Crippen LogP contribution in [0.4, 0.5) is 5.82 Å². The zero-order valence-electron chi connectivity index (χ0n) is 11.5. The molecular formula is C11H12N6O3S2. The average Bonchev–Trinajstić information content (AvgIpc) is 3.14. The summed E-state index contributed by atoms with van der Waals surface area (Å²) in [7, 11) is 0. The number of hydrogen-bond acceptors (Lipinski definition) is 8. The van der Waals surface area contributed by atoms with E-state index in [1.807, 2.05) is 6.92 Å². The van der Waals surface area contributed by atoms with E-state index in [1.54, 1.807) is 16.1 Å². The third kappa shape index (κ3) is 2.46. The first-order valence-electron chi connectivity index (χ1n) is 6.46. The molecule has 0 spiro atoms. The van der Waals surface area contributed by atoms with E-state index in [0.29, 0.717) is 22.5 Å². The second-order valence-corrected chi connectivity index (χ2v) is 6.19. The van der Waals surface area contributed by atoms with Crippen molar-refractivity contribution in [2.75, 3.05) is 0 Å². The highest BCUT2D eigenvalue weighted by Gasteiger charge is 2.26. The number of nitro groups is 1. The maximum Gasteiger partial charge on any atom is 0.363 e. The van der Waals surface area contributed by atoms with Gasteiger partial charge in [0.15, 0.2) is 11.0 Å². The quantitative estimate of drug-likeness (QED) is 0.539. The zero-order chi connectivity index (χ0) is 15.7. The van der Waals surface area contributed by atoms with E-state index in [2.05, 4.69) is 15.2 Å². The molecule has 0 aromatic carbocycles. The summed E-state index contributed by atoms with van der Waals surface area (Å²) in [5.74, 6) is 0.353. The molecule has 0 aliphatic carbocycles. The molecule has 9 nitrogen and oxygen atoms in total. The van der Waals surface area contributed by atoms with Crippen LogP contribution in [0.15, 0.2) is 21.8 Å². The van der Waals surface area contributed by atoms with Crippen LogP contribution in [0, 0.1) is 10.1 Å². The molecule has 116 valence electrons. The number of imidazole rings is 1. The minimum atomic E-state index is -0.456. The van der Waals surface area contributed by atoms with Crippen molar-refractivity contribution < 1.29 is 10.0 Å². The Labute approximate surface area is 132 Å². The predicted octanol–water partition coefficient (Wildman–Crippen LogP) is 1.95. The largest absolute Gasteiger partial charge is 0.388 e. The lowest BCUT2D eigenvalue weighted by Gasteiger charge is -2.05. The van der Waals surface area contributed by atoms with Crippen LogP contribution in [0.25, 0.3) is 4.96 Å². The van der Waals surface area contributed by atoms with Crippen molar-refractivity contribution in [1.29, 1.82) is 0 Å². The molecule has 0 unspecified atom stereocenters. The second kappa shape index (κ2) is 6.02. The Morgan fingerprint density at radius 3 is 3.00 bits per heavy atom. The third-order valence-corrected chi connectivity index (χ3v) is 4.66. The van der Waals surface area contributed by atoms with Crippen LogP contribution in [-0.4, -0.2) is 34.2 Å². The van der Waals surface area contributed by atoms with E-state index in [0.717, 1.165) is 18.2 Å². The van der Waals surface area contributed by atoms with Crippen LogP contribution in [0.1, 0.15) is 19.2 Å². The maximum atomic E-state index is 11.3. The van der Waals surface area contributed by atoms with Gasteiger partial charge in [-0.3, -0.25) is 0 Å². The van der Waals surface area contributed by atoms with E-state index < -0.39 is 4.92 Å². The molecule has 0 atom stereocenters. The topological polar surface area (TPSA) is 111 Å². The van der Waals surface area contributed by atoms with Crippen LogP contribution in [0.2, 0.25) is 0 Å². The first kappa shape index (κ1) is 14.9. The minimum absolute atomic E-state index is 0.0853. The molecule has 1 N–H and O–H groups in total. The van der Waals surface area contributed by atoms with Crippen molar-refractivity contribution in [3.05, 3.63) is 27.5 Å². The van der Waals surface area contributed by atoms with Crippen LogP contribution in [0.3, 0.4) is 0 Å². The number of aliphatic hydroxyl groups is 1. The summed E-state index contributed by atoms with van der Waals surface area (Å²) in [4.78, 5) is 15.7. The molecule has 0 aliphatic heterocycles. The molecule has 0 saturated heterocycles. The molecule has 0 bridgehead atoms. The second-order valence-electron chi connectivity index (χ2n) is 4.36. The first-order chi connectivity index (χ1) is 10.7. The number of aliphatic hydroxyl groups excluding tert-OH is 1. The highest BCUT2D eigenvalue weighted by atomic mass is 32.2.